The molecule has 1 aromatic carbocycles. The summed E-state index contributed by atoms with van der Waals surface area (Å²) in [7, 11) is 2.51. The number of benzene rings is 1. The van der Waals surface area contributed by atoms with E-state index < -0.39 is 11.7 Å². The molecule has 18 heavy (non-hydrogen) atoms. The predicted molar refractivity (Wildman–Crippen MR) is 60.5 cm³/mol. The molecule has 1 aromatic rings. The number of nitrogens with zero attached hydrogens (tertiary/aromatic N) is 2. The summed E-state index contributed by atoms with van der Waals surface area (Å²) >= 11 is 0. The van der Waals surface area contributed by atoms with Crippen LogP contribution in [0.3, 0.4) is 0 Å². The minimum atomic E-state index is -4.48. The van der Waals surface area contributed by atoms with Gasteiger partial charge in [0, 0.05) is 5.56 Å². The second-order valence-corrected chi connectivity index (χ2v) is 3.12. The van der Waals surface area contributed by atoms with Gasteiger partial charge in [0.25, 0.3) is 0 Å². The zero-order valence-electron chi connectivity index (χ0n) is 9.73. The largest absolute Gasteiger partial charge is 0.417 e. The third kappa shape index (κ3) is 3.47. The quantitative estimate of drug-likeness (QED) is 0.617. The van der Waals surface area contributed by atoms with Gasteiger partial charge in [-0.25, -0.2) is 0 Å². The SMILES string of the molecule is CON=CC(=NOC)c1ccccc1C(F)(F)F. The maximum atomic E-state index is 12.8. The lowest BCUT2D eigenvalue weighted by atomic mass is 10.0. The number of hydrogen-bond acceptors (Lipinski definition) is 4. The Morgan fingerprint density at radius 1 is 1.17 bits per heavy atom. The minimum Gasteiger partial charge on any atom is -0.399 e. The van der Waals surface area contributed by atoms with Crippen LogP contribution in [-0.4, -0.2) is 26.1 Å². The molecule has 0 fully saturated rings. The number of rotatable bonds is 4. The van der Waals surface area contributed by atoms with Crippen LogP contribution in [0.5, 0.6) is 0 Å². The van der Waals surface area contributed by atoms with Crippen LogP contribution in [0.1, 0.15) is 11.1 Å². The monoisotopic (exact) mass is 260 g/mol. The Balaban J connectivity index is 3.29. The summed E-state index contributed by atoms with van der Waals surface area (Å²) in [6, 6.07) is 5.00. The molecule has 0 heterocycles. The van der Waals surface area contributed by atoms with Gasteiger partial charge in [0.2, 0.25) is 0 Å². The third-order valence-corrected chi connectivity index (χ3v) is 1.98. The van der Waals surface area contributed by atoms with Gasteiger partial charge in [0.1, 0.15) is 19.9 Å². The molecular weight excluding hydrogens is 249 g/mol. The molecule has 0 saturated heterocycles. The van der Waals surface area contributed by atoms with E-state index in [0.29, 0.717) is 0 Å². The number of hydrogen-bond donors (Lipinski definition) is 0. The van der Waals surface area contributed by atoms with Crippen molar-refractivity contribution in [2.75, 3.05) is 14.2 Å². The van der Waals surface area contributed by atoms with E-state index in [1.54, 1.807) is 0 Å². The van der Waals surface area contributed by atoms with Crippen molar-refractivity contribution < 1.29 is 22.8 Å². The van der Waals surface area contributed by atoms with Gasteiger partial charge in [-0.05, 0) is 6.07 Å². The maximum Gasteiger partial charge on any atom is 0.417 e. The lowest BCUT2D eigenvalue weighted by Gasteiger charge is -2.11. The average Bonchev–Trinajstić information content (AvgIpc) is 2.33. The van der Waals surface area contributed by atoms with Crippen LogP contribution < -0.4 is 0 Å². The first-order valence-corrected chi connectivity index (χ1v) is 4.85. The summed E-state index contributed by atoms with van der Waals surface area (Å²) in [5, 5.41) is 6.88. The highest BCUT2D eigenvalue weighted by Gasteiger charge is 2.34. The van der Waals surface area contributed by atoms with Crippen LogP contribution >= 0.6 is 0 Å². The van der Waals surface area contributed by atoms with Crippen LogP contribution in [0.25, 0.3) is 0 Å². The predicted octanol–water partition coefficient (Wildman–Crippen LogP) is 2.69. The van der Waals surface area contributed by atoms with E-state index in [1.165, 1.54) is 32.4 Å². The van der Waals surface area contributed by atoms with E-state index in [4.69, 9.17) is 0 Å². The Bertz CT molecular complexity index is 456. The van der Waals surface area contributed by atoms with E-state index in [-0.39, 0.29) is 11.3 Å². The Hall–Kier alpha value is -2.05. The van der Waals surface area contributed by atoms with Crippen molar-refractivity contribution in [3.05, 3.63) is 35.4 Å². The van der Waals surface area contributed by atoms with Crippen LogP contribution in [0.4, 0.5) is 13.2 Å². The molecule has 0 amide bonds. The van der Waals surface area contributed by atoms with Crippen LogP contribution in [0.15, 0.2) is 34.6 Å². The number of alkyl halides is 3. The van der Waals surface area contributed by atoms with E-state index in [1.807, 2.05) is 0 Å². The molecule has 0 aliphatic rings. The first kappa shape index (κ1) is 14.0. The van der Waals surface area contributed by atoms with Crippen molar-refractivity contribution >= 4 is 11.9 Å². The summed E-state index contributed by atoms with van der Waals surface area (Å²) in [5.41, 5.74) is -1.02. The molecule has 0 radical (unpaired) electrons. The second kappa shape index (κ2) is 6.04. The van der Waals surface area contributed by atoms with Gasteiger partial charge < -0.3 is 9.68 Å². The lowest BCUT2D eigenvalue weighted by Crippen LogP contribution is -2.14. The Morgan fingerprint density at radius 2 is 1.83 bits per heavy atom. The highest BCUT2D eigenvalue weighted by Crippen LogP contribution is 2.32. The Labute approximate surface area is 102 Å². The van der Waals surface area contributed by atoms with Gasteiger partial charge >= 0.3 is 6.18 Å². The molecule has 0 spiro atoms. The van der Waals surface area contributed by atoms with Crippen molar-refractivity contribution in [3.63, 3.8) is 0 Å². The zero-order valence-corrected chi connectivity index (χ0v) is 9.73. The molecule has 0 aromatic heterocycles. The first-order chi connectivity index (χ1) is 8.50. The first-order valence-electron chi connectivity index (χ1n) is 4.85. The minimum absolute atomic E-state index is 0.0766. The normalized spacial score (nSPS) is 12.8. The average molecular weight is 260 g/mol. The summed E-state index contributed by atoms with van der Waals surface area (Å²) in [6.07, 6.45) is -3.43. The van der Waals surface area contributed by atoms with Crippen molar-refractivity contribution in [2.45, 2.75) is 6.18 Å². The Morgan fingerprint density at radius 3 is 2.39 bits per heavy atom. The van der Waals surface area contributed by atoms with Gasteiger partial charge in [-0.15, -0.1) is 0 Å². The van der Waals surface area contributed by atoms with Crippen molar-refractivity contribution in [3.8, 4) is 0 Å². The second-order valence-electron chi connectivity index (χ2n) is 3.12. The van der Waals surface area contributed by atoms with E-state index >= 15 is 0 Å². The molecule has 0 unspecified atom stereocenters. The highest BCUT2D eigenvalue weighted by atomic mass is 19.4. The fourth-order valence-electron chi connectivity index (χ4n) is 1.30. The number of halogens is 3. The maximum absolute atomic E-state index is 12.8. The summed E-state index contributed by atoms with van der Waals surface area (Å²) < 4.78 is 38.4. The molecule has 0 atom stereocenters. The molecule has 7 heteroatoms. The molecule has 98 valence electrons. The molecule has 1 rings (SSSR count). The standard InChI is InChI=1S/C11H11F3N2O2/c1-17-15-7-10(16-18-2)8-5-3-4-6-9(8)11(12,13)14/h3-7H,1-2H3. The lowest BCUT2D eigenvalue weighted by molar-refractivity contribution is -0.137. The van der Waals surface area contributed by atoms with Gasteiger partial charge in [-0.3, -0.25) is 0 Å². The van der Waals surface area contributed by atoms with Gasteiger partial charge in [-0.1, -0.05) is 28.5 Å². The molecular formula is C11H11F3N2O2. The molecule has 0 N–H and O–H groups in total. The molecule has 0 aliphatic heterocycles. The van der Waals surface area contributed by atoms with Crippen LogP contribution in [0, 0.1) is 0 Å². The van der Waals surface area contributed by atoms with Crippen molar-refractivity contribution in [1.29, 1.82) is 0 Å². The Kier molecular flexibility index (Phi) is 4.70. The summed E-state index contributed by atoms with van der Waals surface area (Å²) in [5.74, 6) is 0. The van der Waals surface area contributed by atoms with Crippen molar-refractivity contribution in [2.24, 2.45) is 10.3 Å². The third-order valence-electron chi connectivity index (χ3n) is 1.98. The van der Waals surface area contributed by atoms with Crippen LogP contribution in [0.2, 0.25) is 0 Å². The number of oxime groups is 2. The summed E-state index contributed by atoms with van der Waals surface area (Å²) in [6.45, 7) is 0. The van der Waals surface area contributed by atoms with E-state index in [9.17, 15) is 13.2 Å². The molecule has 0 aliphatic carbocycles. The molecule has 0 bridgehead atoms. The summed E-state index contributed by atoms with van der Waals surface area (Å²) in [4.78, 5) is 8.91. The van der Waals surface area contributed by atoms with Gasteiger partial charge in [-0.2, -0.15) is 13.2 Å². The fourth-order valence-corrected chi connectivity index (χ4v) is 1.30. The van der Waals surface area contributed by atoms with Gasteiger partial charge in [0.15, 0.2) is 0 Å². The zero-order chi connectivity index (χ0) is 13.6. The van der Waals surface area contributed by atoms with Gasteiger partial charge in [0.05, 0.1) is 11.8 Å². The topological polar surface area (TPSA) is 43.2 Å². The van der Waals surface area contributed by atoms with E-state index in [2.05, 4.69) is 20.0 Å². The fraction of sp³-hybridized carbons (Fsp3) is 0.273. The van der Waals surface area contributed by atoms with Crippen molar-refractivity contribution in [1.82, 2.24) is 0 Å². The molecule has 4 nitrogen and oxygen atoms in total. The van der Waals surface area contributed by atoms with E-state index in [0.717, 1.165) is 12.3 Å². The van der Waals surface area contributed by atoms with Crippen LogP contribution in [-0.2, 0) is 15.9 Å². The molecule has 0 saturated carbocycles. The highest BCUT2D eigenvalue weighted by molar-refractivity contribution is 6.38. The smallest absolute Gasteiger partial charge is 0.399 e.